The Hall–Kier alpha value is -0.620. The molecule has 4 nitrogen and oxygen atoms in total. The number of thioether (sulfide) groups is 1. The van der Waals surface area contributed by atoms with Crippen molar-refractivity contribution in [1.29, 1.82) is 0 Å². The van der Waals surface area contributed by atoms with E-state index in [1.54, 1.807) is 0 Å². The van der Waals surface area contributed by atoms with Crippen LogP contribution in [0.25, 0.3) is 0 Å². The number of nitrogens with zero attached hydrogens (tertiary/aromatic N) is 2. The third kappa shape index (κ3) is 4.06. The van der Waals surface area contributed by atoms with E-state index in [1.165, 1.54) is 23.1 Å². The van der Waals surface area contributed by atoms with Gasteiger partial charge in [-0.2, -0.15) is 0 Å². The van der Waals surface area contributed by atoms with Crippen molar-refractivity contribution in [3.05, 3.63) is 5.51 Å². The van der Waals surface area contributed by atoms with E-state index in [1.807, 2.05) is 13.8 Å². The maximum absolute atomic E-state index is 11.0. The van der Waals surface area contributed by atoms with Gasteiger partial charge in [-0.25, -0.2) is 0 Å². The summed E-state index contributed by atoms with van der Waals surface area (Å²) in [6.45, 7) is 4.05. The van der Waals surface area contributed by atoms with Crippen LogP contribution in [0.15, 0.2) is 4.34 Å². The lowest BCUT2D eigenvalue weighted by atomic mass is 10.2. The van der Waals surface area contributed by atoms with Crippen LogP contribution < -0.4 is 0 Å². The number of carbonyl (C=O) groups excluding carboxylic acids is 1. The molecule has 1 heterocycles. The zero-order valence-electron chi connectivity index (χ0n) is 8.02. The molecule has 0 fully saturated rings. The Bertz CT molecular complexity index is 275. The minimum absolute atomic E-state index is 0.0603. The van der Waals surface area contributed by atoms with Crippen LogP contribution >= 0.6 is 23.1 Å². The molecular formula is C8H11N2O2S2. The number of esters is 1. The van der Waals surface area contributed by atoms with E-state index in [0.29, 0.717) is 12.4 Å². The maximum atomic E-state index is 11.0. The first-order chi connectivity index (χ1) is 6.70. The smallest absolute Gasteiger partial charge is 0.308 e. The second-order valence-electron chi connectivity index (χ2n) is 2.83. The lowest BCUT2D eigenvalue weighted by molar-refractivity contribution is -0.146. The monoisotopic (exact) mass is 231 g/mol. The molecule has 0 atom stereocenters. The van der Waals surface area contributed by atoms with Crippen molar-refractivity contribution in [2.24, 2.45) is 5.92 Å². The van der Waals surface area contributed by atoms with Gasteiger partial charge in [0.15, 0.2) is 9.85 Å². The van der Waals surface area contributed by atoms with Gasteiger partial charge in [0.25, 0.3) is 0 Å². The highest BCUT2D eigenvalue weighted by atomic mass is 32.2. The van der Waals surface area contributed by atoms with Crippen molar-refractivity contribution in [2.45, 2.75) is 18.2 Å². The average Bonchev–Trinajstić information content (AvgIpc) is 2.64. The van der Waals surface area contributed by atoms with Crippen LogP contribution in [0, 0.1) is 11.4 Å². The van der Waals surface area contributed by atoms with Crippen molar-refractivity contribution in [3.63, 3.8) is 0 Å². The van der Waals surface area contributed by atoms with Gasteiger partial charge in [0.2, 0.25) is 0 Å². The summed E-state index contributed by atoms with van der Waals surface area (Å²) in [5.41, 5.74) is 2.65. The molecular weight excluding hydrogens is 220 g/mol. The van der Waals surface area contributed by atoms with Gasteiger partial charge in [0.1, 0.15) is 6.61 Å². The predicted molar refractivity (Wildman–Crippen MR) is 55.3 cm³/mol. The van der Waals surface area contributed by atoms with Crippen LogP contribution in [0.1, 0.15) is 13.8 Å². The van der Waals surface area contributed by atoms with Crippen LogP contribution in [0.2, 0.25) is 0 Å². The van der Waals surface area contributed by atoms with E-state index in [0.717, 1.165) is 4.34 Å². The van der Waals surface area contributed by atoms with E-state index < -0.39 is 0 Å². The second-order valence-corrected chi connectivity index (χ2v) is 4.95. The summed E-state index contributed by atoms with van der Waals surface area (Å²) in [6.07, 6.45) is 0. The molecule has 0 aliphatic rings. The summed E-state index contributed by atoms with van der Waals surface area (Å²) in [5.74, 6) is 0.492. The van der Waals surface area contributed by atoms with Crippen LogP contribution in [-0.4, -0.2) is 28.5 Å². The number of carbonyl (C=O) groups is 1. The summed E-state index contributed by atoms with van der Waals surface area (Å²) in [4.78, 5) is 11.0. The van der Waals surface area contributed by atoms with Gasteiger partial charge in [-0.15, -0.1) is 10.2 Å². The fourth-order valence-electron chi connectivity index (χ4n) is 0.637. The van der Waals surface area contributed by atoms with Crippen molar-refractivity contribution in [1.82, 2.24) is 10.2 Å². The van der Waals surface area contributed by atoms with Crippen LogP contribution in [-0.2, 0) is 9.53 Å². The Morgan fingerprint density at radius 2 is 2.50 bits per heavy atom. The topological polar surface area (TPSA) is 52.1 Å². The molecule has 0 spiro atoms. The third-order valence-corrected chi connectivity index (χ3v) is 3.06. The van der Waals surface area contributed by atoms with Gasteiger partial charge in [-0.1, -0.05) is 36.9 Å². The van der Waals surface area contributed by atoms with E-state index in [2.05, 4.69) is 15.7 Å². The van der Waals surface area contributed by atoms with Gasteiger partial charge in [-0.05, 0) is 0 Å². The zero-order chi connectivity index (χ0) is 10.4. The largest absolute Gasteiger partial charge is 0.465 e. The lowest BCUT2D eigenvalue weighted by Gasteiger charge is -2.05. The Morgan fingerprint density at radius 3 is 3.07 bits per heavy atom. The number of rotatable bonds is 5. The molecule has 0 aromatic carbocycles. The quantitative estimate of drug-likeness (QED) is 0.438. The molecule has 0 bridgehead atoms. The molecule has 0 saturated carbocycles. The molecule has 14 heavy (non-hydrogen) atoms. The summed E-state index contributed by atoms with van der Waals surface area (Å²) in [6, 6.07) is 0. The molecule has 0 aliphatic carbocycles. The molecule has 0 saturated heterocycles. The second kappa shape index (κ2) is 5.98. The standard InChI is InChI=1S/C8H11N2O2S2/c1-6(2)7(11)12-3-4-13-8-10-9-5-14-8/h6H,3-4H2,1-2H3. The number of hydrogen-bond donors (Lipinski definition) is 0. The fraction of sp³-hybridized carbons (Fsp3) is 0.625. The first-order valence-corrected chi connectivity index (χ1v) is 5.99. The molecule has 6 heteroatoms. The SMILES string of the molecule is CC(C)C(=O)OCCSc1nn[c]s1. The third-order valence-electron chi connectivity index (χ3n) is 1.33. The summed E-state index contributed by atoms with van der Waals surface area (Å²) < 4.78 is 5.84. The van der Waals surface area contributed by atoms with Gasteiger partial charge >= 0.3 is 5.97 Å². The minimum atomic E-state index is -0.158. The molecule has 0 N–H and O–H groups in total. The Kier molecular flexibility index (Phi) is 4.89. The van der Waals surface area contributed by atoms with E-state index in [9.17, 15) is 4.79 Å². The Labute approximate surface area is 91.1 Å². The van der Waals surface area contributed by atoms with Crippen molar-refractivity contribution >= 4 is 29.1 Å². The molecule has 77 valence electrons. The van der Waals surface area contributed by atoms with Crippen molar-refractivity contribution < 1.29 is 9.53 Å². The molecule has 1 aromatic heterocycles. The van der Waals surface area contributed by atoms with E-state index in [-0.39, 0.29) is 11.9 Å². The predicted octanol–water partition coefficient (Wildman–Crippen LogP) is 1.63. The highest BCUT2D eigenvalue weighted by Crippen LogP contribution is 2.17. The zero-order valence-corrected chi connectivity index (χ0v) is 9.65. The molecule has 0 amide bonds. The highest BCUT2D eigenvalue weighted by molar-refractivity contribution is 8.01. The Balaban J connectivity index is 2.08. The van der Waals surface area contributed by atoms with Crippen LogP contribution in [0.3, 0.4) is 0 Å². The van der Waals surface area contributed by atoms with Gasteiger partial charge in [-0.3, -0.25) is 4.79 Å². The Morgan fingerprint density at radius 1 is 1.71 bits per heavy atom. The van der Waals surface area contributed by atoms with Crippen LogP contribution in [0.5, 0.6) is 0 Å². The first-order valence-electron chi connectivity index (χ1n) is 4.19. The van der Waals surface area contributed by atoms with Gasteiger partial charge in [0, 0.05) is 5.75 Å². The summed E-state index contributed by atoms with van der Waals surface area (Å²) in [7, 11) is 0. The van der Waals surface area contributed by atoms with Gasteiger partial charge in [0.05, 0.1) is 5.92 Å². The normalized spacial score (nSPS) is 10.5. The number of hydrogen-bond acceptors (Lipinski definition) is 6. The first kappa shape index (κ1) is 11.5. The fourth-order valence-corrected chi connectivity index (χ4v) is 1.92. The molecule has 1 aromatic rings. The van der Waals surface area contributed by atoms with Gasteiger partial charge < -0.3 is 4.74 Å². The molecule has 0 aliphatic heterocycles. The number of aromatic nitrogens is 2. The minimum Gasteiger partial charge on any atom is -0.465 e. The van der Waals surface area contributed by atoms with Crippen molar-refractivity contribution in [3.8, 4) is 0 Å². The van der Waals surface area contributed by atoms with E-state index >= 15 is 0 Å². The van der Waals surface area contributed by atoms with E-state index in [4.69, 9.17) is 4.74 Å². The molecule has 1 radical (unpaired) electrons. The maximum Gasteiger partial charge on any atom is 0.308 e. The highest BCUT2D eigenvalue weighted by Gasteiger charge is 2.07. The lowest BCUT2D eigenvalue weighted by Crippen LogP contribution is -2.13. The molecule has 0 unspecified atom stereocenters. The summed E-state index contributed by atoms with van der Waals surface area (Å²) >= 11 is 2.88. The van der Waals surface area contributed by atoms with Crippen LogP contribution in [0.4, 0.5) is 0 Å². The average molecular weight is 231 g/mol. The summed E-state index contributed by atoms with van der Waals surface area (Å²) in [5, 5.41) is 7.38. The van der Waals surface area contributed by atoms with Crippen molar-refractivity contribution in [2.75, 3.05) is 12.4 Å². The molecule has 1 rings (SSSR count). The number of ether oxygens (including phenoxy) is 1.